The third-order valence-corrected chi connectivity index (χ3v) is 4.25. The number of thioether (sulfide) groups is 1. The Morgan fingerprint density at radius 2 is 1.96 bits per heavy atom. The molecule has 9 heteroatoms. The zero-order chi connectivity index (χ0) is 17.9. The van der Waals surface area contributed by atoms with E-state index < -0.39 is 18.0 Å². The summed E-state index contributed by atoms with van der Waals surface area (Å²) in [4.78, 5) is 35.8. The first kappa shape index (κ1) is 20.3. The molecule has 0 heterocycles. The average Bonchev–Trinajstić information content (AvgIpc) is 2.56. The fraction of sp³-hybridized carbons (Fsp3) is 0.400. The maximum atomic E-state index is 12.3. The van der Waals surface area contributed by atoms with Crippen LogP contribution in [0.25, 0.3) is 0 Å². The molecule has 3 amide bonds. The Hall–Kier alpha value is -1.74. The second kappa shape index (κ2) is 10.9. The molecule has 0 aromatic heterocycles. The molecule has 0 aliphatic rings. The van der Waals surface area contributed by atoms with Crippen LogP contribution in [0.3, 0.4) is 0 Å². The van der Waals surface area contributed by atoms with Crippen molar-refractivity contribution in [1.29, 1.82) is 0 Å². The monoisotopic (exact) mass is 417 g/mol. The van der Waals surface area contributed by atoms with Crippen molar-refractivity contribution >= 4 is 45.6 Å². The fourth-order valence-corrected chi connectivity index (χ4v) is 2.69. The lowest BCUT2D eigenvalue weighted by atomic mass is 10.1. The van der Waals surface area contributed by atoms with Crippen molar-refractivity contribution in [3.8, 4) is 0 Å². The summed E-state index contributed by atoms with van der Waals surface area (Å²) in [6.07, 6.45) is 1.57. The van der Waals surface area contributed by atoms with E-state index in [1.165, 1.54) is 0 Å². The van der Waals surface area contributed by atoms with E-state index in [-0.39, 0.29) is 12.5 Å². The van der Waals surface area contributed by atoms with Crippen LogP contribution in [0.4, 0.5) is 4.79 Å². The predicted octanol–water partition coefficient (Wildman–Crippen LogP) is 2.08. The van der Waals surface area contributed by atoms with Crippen molar-refractivity contribution in [2.45, 2.75) is 19.4 Å². The minimum atomic E-state index is -0.779. The zero-order valence-electron chi connectivity index (χ0n) is 13.4. The topological polar surface area (TPSA) is 96.5 Å². The van der Waals surface area contributed by atoms with Crippen molar-refractivity contribution in [2.75, 3.05) is 18.6 Å². The van der Waals surface area contributed by atoms with E-state index in [4.69, 9.17) is 0 Å². The Bertz CT molecular complexity index is 586. The highest BCUT2D eigenvalue weighted by Crippen LogP contribution is 2.16. The van der Waals surface area contributed by atoms with E-state index in [1.807, 2.05) is 6.26 Å². The first-order valence-electron chi connectivity index (χ1n) is 7.26. The van der Waals surface area contributed by atoms with Gasteiger partial charge in [-0.15, -0.1) is 0 Å². The highest BCUT2D eigenvalue weighted by atomic mass is 79.9. The lowest BCUT2D eigenvalue weighted by Gasteiger charge is -2.18. The lowest BCUT2D eigenvalue weighted by molar-refractivity contribution is -0.123. The molecule has 1 unspecified atom stereocenters. The first-order valence-corrected chi connectivity index (χ1v) is 9.45. The lowest BCUT2D eigenvalue weighted by Crippen LogP contribution is -2.52. The molecular formula is C15H20BrN3O4S. The molecule has 0 fully saturated rings. The minimum absolute atomic E-state index is 0.191. The van der Waals surface area contributed by atoms with Gasteiger partial charge in [0.15, 0.2) is 0 Å². The molecule has 1 aromatic carbocycles. The zero-order valence-corrected chi connectivity index (χ0v) is 15.8. The Labute approximate surface area is 153 Å². The summed E-state index contributed by atoms with van der Waals surface area (Å²) in [6.45, 7) is 1.84. The van der Waals surface area contributed by atoms with E-state index >= 15 is 0 Å². The number of nitrogens with one attached hydrogen (secondary N) is 3. The van der Waals surface area contributed by atoms with Gasteiger partial charge < -0.3 is 10.1 Å². The van der Waals surface area contributed by atoms with Crippen molar-refractivity contribution in [3.63, 3.8) is 0 Å². The van der Waals surface area contributed by atoms with Gasteiger partial charge in [0.05, 0.1) is 12.2 Å². The average molecular weight is 418 g/mol. The van der Waals surface area contributed by atoms with E-state index in [9.17, 15) is 14.4 Å². The van der Waals surface area contributed by atoms with Gasteiger partial charge >= 0.3 is 6.09 Å². The molecule has 3 N–H and O–H groups in total. The predicted molar refractivity (Wildman–Crippen MR) is 96.7 cm³/mol. The van der Waals surface area contributed by atoms with E-state index in [0.29, 0.717) is 22.2 Å². The number of benzene rings is 1. The molecule has 1 atom stereocenters. The fourth-order valence-electron chi connectivity index (χ4n) is 1.75. The molecule has 0 bridgehead atoms. The van der Waals surface area contributed by atoms with Crippen LogP contribution >= 0.6 is 27.7 Å². The molecule has 7 nitrogen and oxygen atoms in total. The van der Waals surface area contributed by atoms with Crippen LogP contribution in [0, 0.1) is 0 Å². The van der Waals surface area contributed by atoms with E-state index in [2.05, 4.69) is 36.8 Å². The van der Waals surface area contributed by atoms with E-state index in [0.717, 1.165) is 0 Å². The molecule has 0 aliphatic carbocycles. The molecule has 1 aromatic rings. The molecule has 0 spiro atoms. The van der Waals surface area contributed by atoms with Gasteiger partial charge in [0.1, 0.15) is 6.04 Å². The summed E-state index contributed by atoms with van der Waals surface area (Å²) in [6, 6.07) is 6.15. The third kappa shape index (κ3) is 6.79. The summed E-state index contributed by atoms with van der Waals surface area (Å²) in [5.74, 6) is -0.217. The van der Waals surface area contributed by atoms with Gasteiger partial charge in [0.2, 0.25) is 0 Å². The second-order valence-electron chi connectivity index (χ2n) is 4.62. The van der Waals surface area contributed by atoms with Gasteiger partial charge in [-0.25, -0.2) is 10.2 Å². The largest absolute Gasteiger partial charge is 0.449 e. The van der Waals surface area contributed by atoms with Crippen LogP contribution in [-0.4, -0.2) is 42.6 Å². The number of amides is 3. The molecule has 0 saturated carbocycles. The van der Waals surface area contributed by atoms with Gasteiger partial charge in [0.25, 0.3) is 11.8 Å². The highest BCUT2D eigenvalue weighted by molar-refractivity contribution is 9.10. The summed E-state index contributed by atoms with van der Waals surface area (Å²) in [5, 5.41) is 2.68. The summed E-state index contributed by atoms with van der Waals surface area (Å²) < 4.78 is 5.29. The van der Waals surface area contributed by atoms with Crippen LogP contribution in [0.1, 0.15) is 23.7 Å². The number of hydrazine groups is 1. The minimum Gasteiger partial charge on any atom is -0.449 e. The third-order valence-electron chi connectivity index (χ3n) is 2.91. The number of rotatable bonds is 7. The smallest absolute Gasteiger partial charge is 0.426 e. The maximum Gasteiger partial charge on any atom is 0.426 e. The number of carbonyl (C=O) groups is 3. The van der Waals surface area contributed by atoms with Gasteiger partial charge in [-0.3, -0.25) is 15.0 Å². The standard InChI is InChI=1S/C15H20BrN3O4S/c1-3-23-15(22)19-18-14(21)12(8-9-24-2)17-13(20)10-6-4-5-7-11(10)16/h4-7,12H,3,8-9H2,1-2H3,(H,17,20)(H,18,21)(H,19,22). The first-order chi connectivity index (χ1) is 11.5. The Kier molecular flexibility index (Phi) is 9.24. The summed E-state index contributed by atoms with van der Waals surface area (Å²) in [7, 11) is 0. The van der Waals surface area contributed by atoms with Crippen LogP contribution in [-0.2, 0) is 9.53 Å². The second-order valence-corrected chi connectivity index (χ2v) is 6.46. The van der Waals surface area contributed by atoms with Crippen LogP contribution < -0.4 is 16.2 Å². The van der Waals surface area contributed by atoms with Crippen molar-refractivity contribution in [3.05, 3.63) is 34.3 Å². The van der Waals surface area contributed by atoms with E-state index in [1.54, 1.807) is 43.0 Å². The number of hydrogen-bond donors (Lipinski definition) is 3. The Morgan fingerprint density at radius 1 is 1.25 bits per heavy atom. The summed E-state index contributed by atoms with van der Waals surface area (Å²) >= 11 is 4.86. The van der Waals surface area contributed by atoms with Crippen molar-refractivity contribution in [2.24, 2.45) is 0 Å². The van der Waals surface area contributed by atoms with Crippen LogP contribution in [0.2, 0.25) is 0 Å². The quantitative estimate of drug-likeness (QED) is 0.590. The highest BCUT2D eigenvalue weighted by Gasteiger charge is 2.22. The van der Waals surface area contributed by atoms with Gasteiger partial charge in [-0.1, -0.05) is 12.1 Å². The molecule has 0 aliphatic heterocycles. The number of hydrogen-bond acceptors (Lipinski definition) is 5. The van der Waals surface area contributed by atoms with Crippen LogP contribution in [0.5, 0.6) is 0 Å². The molecular weight excluding hydrogens is 398 g/mol. The molecule has 132 valence electrons. The number of carbonyl (C=O) groups excluding carboxylic acids is 3. The molecule has 1 rings (SSSR count). The Morgan fingerprint density at radius 3 is 2.58 bits per heavy atom. The maximum absolute atomic E-state index is 12.3. The number of halogens is 1. The van der Waals surface area contributed by atoms with Gasteiger partial charge in [-0.2, -0.15) is 11.8 Å². The van der Waals surface area contributed by atoms with Crippen LogP contribution in [0.15, 0.2) is 28.7 Å². The number of ether oxygens (including phenoxy) is 1. The Balaban J connectivity index is 2.70. The van der Waals surface area contributed by atoms with Gasteiger partial charge in [0, 0.05) is 4.47 Å². The molecule has 24 heavy (non-hydrogen) atoms. The molecule has 0 saturated heterocycles. The summed E-state index contributed by atoms with van der Waals surface area (Å²) in [5.41, 5.74) is 4.81. The van der Waals surface area contributed by atoms with Crippen molar-refractivity contribution < 1.29 is 19.1 Å². The molecule has 0 radical (unpaired) electrons. The normalized spacial score (nSPS) is 11.3. The SMILES string of the molecule is CCOC(=O)NNC(=O)C(CCSC)NC(=O)c1ccccc1Br. The van der Waals surface area contributed by atoms with Gasteiger partial charge in [-0.05, 0) is 53.4 Å². The van der Waals surface area contributed by atoms with Crippen molar-refractivity contribution in [1.82, 2.24) is 16.2 Å².